The fourth-order valence-electron chi connectivity index (χ4n) is 2.14. The third-order valence-corrected chi connectivity index (χ3v) is 3.07. The molecule has 0 aliphatic heterocycles. The second-order valence-electron chi connectivity index (χ2n) is 6.85. The largest absolute Gasteiger partial charge is 0.365 e. The molecule has 3 heteroatoms. The normalized spacial score (nSPS) is 13.5. The SMILES string of the molecule is CC(C)CC(C)N(C)c1cccc(NC(C)(C)C)n1. The van der Waals surface area contributed by atoms with Crippen molar-refractivity contribution in [2.45, 2.75) is 59.5 Å². The van der Waals surface area contributed by atoms with Crippen LogP contribution in [0.4, 0.5) is 11.6 Å². The van der Waals surface area contributed by atoms with Crippen molar-refractivity contribution < 1.29 is 0 Å². The number of hydrogen-bond donors (Lipinski definition) is 1. The zero-order chi connectivity index (χ0) is 14.6. The van der Waals surface area contributed by atoms with Crippen molar-refractivity contribution in [2.24, 2.45) is 5.92 Å². The second kappa shape index (κ2) is 6.27. The summed E-state index contributed by atoms with van der Waals surface area (Å²) in [7, 11) is 2.12. The van der Waals surface area contributed by atoms with Gasteiger partial charge in [-0.05, 0) is 52.2 Å². The number of nitrogens with zero attached hydrogens (tertiary/aromatic N) is 2. The van der Waals surface area contributed by atoms with E-state index in [4.69, 9.17) is 4.98 Å². The van der Waals surface area contributed by atoms with Crippen LogP contribution >= 0.6 is 0 Å². The van der Waals surface area contributed by atoms with Crippen LogP contribution in [0.5, 0.6) is 0 Å². The van der Waals surface area contributed by atoms with Crippen LogP contribution in [0.25, 0.3) is 0 Å². The van der Waals surface area contributed by atoms with E-state index in [1.54, 1.807) is 0 Å². The molecule has 0 bridgehead atoms. The first-order valence-electron chi connectivity index (χ1n) is 7.17. The summed E-state index contributed by atoms with van der Waals surface area (Å²) in [6.45, 7) is 13.2. The molecule has 0 spiro atoms. The molecule has 0 radical (unpaired) electrons. The molecular formula is C16H29N3. The number of aromatic nitrogens is 1. The van der Waals surface area contributed by atoms with E-state index in [0.717, 1.165) is 11.6 Å². The molecule has 1 unspecified atom stereocenters. The van der Waals surface area contributed by atoms with Crippen LogP contribution in [0.15, 0.2) is 18.2 Å². The molecule has 0 aliphatic rings. The monoisotopic (exact) mass is 263 g/mol. The summed E-state index contributed by atoms with van der Waals surface area (Å²) in [5, 5.41) is 3.42. The Kier molecular flexibility index (Phi) is 5.21. The maximum Gasteiger partial charge on any atom is 0.130 e. The van der Waals surface area contributed by atoms with E-state index in [1.807, 2.05) is 6.07 Å². The van der Waals surface area contributed by atoms with E-state index in [0.29, 0.717) is 12.0 Å². The van der Waals surface area contributed by atoms with Crippen molar-refractivity contribution in [2.75, 3.05) is 17.3 Å². The predicted octanol–water partition coefficient (Wildman–Crippen LogP) is 4.16. The Bertz CT molecular complexity index is 393. The zero-order valence-electron chi connectivity index (χ0n) is 13.5. The summed E-state index contributed by atoms with van der Waals surface area (Å²) in [6.07, 6.45) is 1.18. The van der Waals surface area contributed by atoms with Gasteiger partial charge in [-0.1, -0.05) is 19.9 Å². The van der Waals surface area contributed by atoms with Crippen LogP contribution in [0.3, 0.4) is 0 Å². The van der Waals surface area contributed by atoms with Crippen LogP contribution < -0.4 is 10.2 Å². The molecule has 0 saturated heterocycles. The van der Waals surface area contributed by atoms with E-state index >= 15 is 0 Å². The Morgan fingerprint density at radius 1 is 1.21 bits per heavy atom. The molecule has 1 heterocycles. The Hall–Kier alpha value is -1.25. The van der Waals surface area contributed by atoms with Crippen LogP contribution in [0, 0.1) is 5.92 Å². The molecule has 1 aromatic heterocycles. The highest BCUT2D eigenvalue weighted by molar-refractivity contribution is 5.48. The van der Waals surface area contributed by atoms with E-state index in [-0.39, 0.29) is 5.54 Å². The molecule has 1 atom stereocenters. The van der Waals surface area contributed by atoms with Crippen molar-refractivity contribution in [3.05, 3.63) is 18.2 Å². The van der Waals surface area contributed by atoms with Crippen LogP contribution in [-0.4, -0.2) is 23.6 Å². The maximum absolute atomic E-state index is 4.70. The molecule has 0 aliphatic carbocycles. The first-order valence-corrected chi connectivity index (χ1v) is 7.17. The molecule has 3 nitrogen and oxygen atoms in total. The van der Waals surface area contributed by atoms with Gasteiger partial charge in [0.2, 0.25) is 0 Å². The lowest BCUT2D eigenvalue weighted by atomic mass is 10.0. The molecule has 0 saturated carbocycles. The highest BCUT2D eigenvalue weighted by atomic mass is 15.2. The summed E-state index contributed by atoms with van der Waals surface area (Å²) >= 11 is 0. The van der Waals surface area contributed by atoms with Gasteiger partial charge in [-0.15, -0.1) is 0 Å². The zero-order valence-corrected chi connectivity index (χ0v) is 13.5. The van der Waals surface area contributed by atoms with Gasteiger partial charge in [0.05, 0.1) is 0 Å². The quantitative estimate of drug-likeness (QED) is 0.864. The number of anilines is 2. The Morgan fingerprint density at radius 2 is 1.84 bits per heavy atom. The van der Waals surface area contributed by atoms with Crippen molar-refractivity contribution in [1.82, 2.24) is 4.98 Å². The van der Waals surface area contributed by atoms with Gasteiger partial charge in [0.15, 0.2) is 0 Å². The molecule has 1 N–H and O–H groups in total. The van der Waals surface area contributed by atoms with Crippen LogP contribution in [0.1, 0.15) is 48.0 Å². The van der Waals surface area contributed by atoms with Crippen molar-refractivity contribution in [3.8, 4) is 0 Å². The van der Waals surface area contributed by atoms with E-state index in [1.165, 1.54) is 6.42 Å². The van der Waals surface area contributed by atoms with Crippen LogP contribution in [-0.2, 0) is 0 Å². The fraction of sp³-hybridized carbons (Fsp3) is 0.688. The van der Waals surface area contributed by atoms with Gasteiger partial charge in [-0.3, -0.25) is 0 Å². The topological polar surface area (TPSA) is 28.2 Å². The van der Waals surface area contributed by atoms with Gasteiger partial charge >= 0.3 is 0 Å². The minimum absolute atomic E-state index is 0.0355. The second-order valence-corrected chi connectivity index (χ2v) is 6.85. The lowest BCUT2D eigenvalue weighted by molar-refractivity contribution is 0.502. The smallest absolute Gasteiger partial charge is 0.130 e. The number of pyridine rings is 1. The molecule has 1 aromatic rings. The third-order valence-electron chi connectivity index (χ3n) is 3.07. The number of nitrogens with one attached hydrogen (secondary N) is 1. The number of rotatable bonds is 5. The minimum atomic E-state index is 0.0355. The molecule has 108 valence electrons. The van der Waals surface area contributed by atoms with Gasteiger partial charge in [0.25, 0.3) is 0 Å². The highest BCUT2D eigenvalue weighted by Crippen LogP contribution is 2.20. The fourth-order valence-corrected chi connectivity index (χ4v) is 2.14. The van der Waals surface area contributed by atoms with Gasteiger partial charge in [-0.2, -0.15) is 0 Å². The van der Waals surface area contributed by atoms with Gasteiger partial charge in [0, 0.05) is 18.6 Å². The van der Waals surface area contributed by atoms with E-state index in [2.05, 4.69) is 70.9 Å². The lowest BCUT2D eigenvalue weighted by Gasteiger charge is -2.28. The Balaban J connectivity index is 2.81. The summed E-state index contributed by atoms with van der Waals surface area (Å²) in [5.41, 5.74) is 0.0355. The summed E-state index contributed by atoms with van der Waals surface area (Å²) < 4.78 is 0. The van der Waals surface area contributed by atoms with Crippen molar-refractivity contribution >= 4 is 11.6 Å². The molecule has 0 aromatic carbocycles. The van der Waals surface area contributed by atoms with Crippen molar-refractivity contribution in [1.29, 1.82) is 0 Å². The minimum Gasteiger partial charge on any atom is -0.365 e. The van der Waals surface area contributed by atoms with Crippen molar-refractivity contribution in [3.63, 3.8) is 0 Å². The highest BCUT2D eigenvalue weighted by Gasteiger charge is 2.14. The average molecular weight is 263 g/mol. The first kappa shape index (κ1) is 15.8. The predicted molar refractivity (Wildman–Crippen MR) is 84.9 cm³/mol. The van der Waals surface area contributed by atoms with Gasteiger partial charge in [-0.25, -0.2) is 4.98 Å². The van der Waals surface area contributed by atoms with Gasteiger partial charge < -0.3 is 10.2 Å². The van der Waals surface area contributed by atoms with Crippen LogP contribution in [0.2, 0.25) is 0 Å². The number of hydrogen-bond acceptors (Lipinski definition) is 3. The first-order chi connectivity index (χ1) is 8.69. The summed E-state index contributed by atoms with van der Waals surface area (Å²) in [4.78, 5) is 6.96. The standard InChI is InChI=1S/C16H29N3/c1-12(2)11-13(3)19(7)15-10-8-9-14(17-15)18-16(4,5)6/h8-10,12-13H,11H2,1-7H3,(H,17,18). The summed E-state index contributed by atoms with van der Waals surface area (Å²) in [5.74, 6) is 2.67. The molecular weight excluding hydrogens is 234 g/mol. The maximum atomic E-state index is 4.70. The molecule has 1 rings (SSSR count). The molecule has 0 amide bonds. The molecule has 19 heavy (non-hydrogen) atoms. The van der Waals surface area contributed by atoms with Gasteiger partial charge in [0.1, 0.15) is 11.6 Å². The van der Waals surface area contributed by atoms with E-state index in [9.17, 15) is 0 Å². The Morgan fingerprint density at radius 3 is 2.37 bits per heavy atom. The average Bonchev–Trinajstić information content (AvgIpc) is 2.25. The third kappa shape index (κ3) is 5.50. The van der Waals surface area contributed by atoms with E-state index < -0.39 is 0 Å². The molecule has 0 fully saturated rings. The Labute approximate surface area is 118 Å². The lowest BCUT2D eigenvalue weighted by Crippen LogP contribution is -2.31. The summed E-state index contributed by atoms with van der Waals surface area (Å²) in [6, 6.07) is 6.66.